The van der Waals surface area contributed by atoms with E-state index < -0.39 is 11.2 Å². The zero-order chi connectivity index (χ0) is 6.28. The summed E-state index contributed by atoms with van der Waals surface area (Å²) in [7, 11) is 14.7. The molecule has 0 saturated carbocycles. The van der Waals surface area contributed by atoms with Crippen LogP contribution < -0.4 is 0 Å². The molecule has 0 rings (SSSR count). The quantitative estimate of drug-likeness (QED) is 0.379. The summed E-state index contributed by atoms with van der Waals surface area (Å²) in [6, 6.07) is 0. The fraction of sp³-hybridized carbons (Fsp3) is 0. The van der Waals surface area contributed by atoms with Crippen LogP contribution in [0.3, 0.4) is 0 Å². The Balaban J connectivity index is 0. The van der Waals surface area contributed by atoms with E-state index in [1.807, 2.05) is 0 Å². The number of rotatable bonds is 0. The van der Waals surface area contributed by atoms with E-state index >= 15 is 0 Å². The van der Waals surface area contributed by atoms with E-state index in [1.165, 1.54) is 5.40 Å². The third-order valence-corrected chi connectivity index (χ3v) is 0. The zero-order valence-electron chi connectivity index (χ0n) is 2.88. The zero-order valence-corrected chi connectivity index (χ0v) is 7.15. The van der Waals surface area contributed by atoms with E-state index in [4.69, 9.17) is 35.6 Å². The molecule has 0 fully saturated rings. The Morgan fingerprint density at radius 3 is 1.43 bits per heavy atom. The number of nitrogens with zero attached hydrogens (tertiary/aromatic N) is 1. The molecule has 45 valence electrons. The first-order valence-corrected chi connectivity index (χ1v) is 5.85. The van der Waals surface area contributed by atoms with Crippen LogP contribution in [0.25, 0.3) is 0 Å². The summed E-state index contributed by atoms with van der Waals surface area (Å²) < 4.78 is 0. The molecule has 0 saturated heterocycles. The molecule has 0 heterocycles. The summed E-state index contributed by atoms with van der Waals surface area (Å²) in [6.45, 7) is 0. The van der Waals surface area contributed by atoms with Crippen molar-refractivity contribution in [2.45, 2.75) is 0 Å². The molecule has 0 N–H and O–H groups in total. The summed E-state index contributed by atoms with van der Waals surface area (Å²) in [5.74, 6) is 0. The first-order valence-electron chi connectivity index (χ1n) is 0.848. The van der Waals surface area contributed by atoms with Crippen molar-refractivity contribution in [3.8, 4) is 5.40 Å². The summed E-state index contributed by atoms with van der Waals surface area (Å²) in [6.07, 6.45) is 0. The molecule has 7 heavy (non-hydrogen) atoms. The van der Waals surface area contributed by atoms with E-state index in [1.54, 1.807) is 0 Å². The number of nitriles is 1. The van der Waals surface area contributed by atoms with Crippen LogP contribution in [-0.4, -0.2) is 0 Å². The van der Waals surface area contributed by atoms with Gasteiger partial charge < -0.3 is 0 Å². The molecule has 0 radical (unpaired) electrons. The van der Waals surface area contributed by atoms with Gasteiger partial charge in [-0.05, 0) is 0 Å². The minimum atomic E-state index is -1.33. The molecular formula is CHCl3FeNS. The Hall–Kier alpha value is 1.23. The van der Waals surface area contributed by atoms with E-state index in [0.717, 1.165) is 0 Å². The predicted octanol–water partition coefficient (Wildman–Crippen LogP) is 2.46. The second-order valence-corrected chi connectivity index (χ2v) is 5.92. The fourth-order valence-electron chi connectivity index (χ4n) is 0. The average molecular weight is 221 g/mol. The first-order chi connectivity index (χ1) is 3.15. The number of hydrogen-bond donors (Lipinski definition) is 1. The molecule has 0 aromatic heterocycles. The van der Waals surface area contributed by atoms with Gasteiger partial charge in [0.15, 0.2) is 0 Å². The van der Waals surface area contributed by atoms with Crippen molar-refractivity contribution in [3.63, 3.8) is 0 Å². The Morgan fingerprint density at radius 1 is 1.43 bits per heavy atom. The van der Waals surface area contributed by atoms with Gasteiger partial charge in [-0.15, -0.1) is 0 Å². The summed E-state index contributed by atoms with van der Waals surface area (Å²) in [5, 5.41) is 8.63. The predicted molar refractivity (Wildman–Crippen MR) is 32.2 cm³/mol. The molecule has 0 aromatic rings. The van der Waals surface area contributed by atoms with Crippen LogP contribution in [-0.2, 0) is 11.2 Å². The Kier molecular flexibility index (Phi) is 16.2. The molecule has 0 unspecified atom stereocenters. The van der Waals surface area contributed by atoms with Gasteiger partial charge in [-0.1, -0.05) is 12.6 Å². The van der Waals surface area contributed by atoms with Crippen LogP contribution >= 0.6 is 42.9 Å². The van der Waals surface area contributed by atoms with Crippen LogP contribution in [0.5, 0.6) is 0 Å². The number of thiol groups is 1. The Bertz CT molecular complexity index is 57.7. The van der Waals surface area contributed by atoms with Gasteiger partial charge in [-0.2, -0.15) is 5.26 Å². The topological polar surface area (TPSA) is 23.8 Å². The summed E-state index contributed by atoms with van der Waals surface area (Å²) >= 11 is 1.76. The molecule has 0 aromatic carbocycles. The maximum atomic E-state index is 7.18. The van der Waals surface area contributed by atoms with Gasteiger partial charge in [-0.3, -0.25) is 0 Å². The van der Waals surface area contributed by atoms with Crippen molar-refractivity contribution in [2.24, 2.45) is 0 Å². The Labute approximate surface area is 64.5 Å². The van der Waals surface area contributed by atoms with Crippen molar-refractivity contribution in [1.82, 2.24) is 0 Å². The van der Waals surface area contributed by atoms with Gasteiger partial charge in [0.25, 0.3) is 0 Å². The van der Waals surface area contributed by atoms with E-state index in [-0.39, 0.29) is 0 Å². The molecule has 0 aliphatic heterocycles. The van der Waals surface area contributed by atoms with Crippen molar-refractivity contribution in [3.05, 3.63) is 0 Å². The van der Waals surface area contributed by atoms with Gasteiger partial charge >= 0.3 is 41.5 Å². The minimum absolute atomic E-state index is 1.33. The third-order valence-electron chi connectivity index (χ3n) is 0. The average Bonchev–Trinajstić information content (AvgIpc) is 1.33. The number of hydrogen-bond acceptors (Lipinski definition) is 2. The van der Waals surface area contributed by atoms with Crippen molar-refractivity contribution in [1.29, 1.82) is 5.26 Å². The fourth-order valence-corrected chi connectivity index (χ4v) is 0. The summed E-state index contributed by atoms with van der Waals surface area (Å²) in [4.78, 5) is 0. The molecule has 0 aliphatic carbocycles. The van der Waals surface area contributed by atoms with Crippen LogP contribution in [0.2, 0.25) is 0 Å². The standard InChI is InChI=1S/CHNS.3ClH.Fe/c2-1-3;;;;/h3H;3*1H;/q;;;;+3/p-3. The molecule has 1 nitrogen and oxygen atoms in total. The number of thiocyanates is 1. The third kappa shape index (κ3) is 131. The van der Waals surface area contributed by atoms with Crippen molar-refractivity contribution in [2.75, 3.05) is 0 Å². The van der Waals surface area contributed by atoms with Crippen molar-refractivity contribution >= 4 is 42.9 Å². The second-order valence-electron chi connectivity index (χ2n) is 0.252. The molecular weight excluding hydrogens is 220 g/mol. The van der Waals surface area contributed by atoms with Crippen LogP contribution in [0, 0.1) is 10.7 Å². The van der Waals surface area contributed by atoms with E-state index in [0.29, 0.717) is 0 Å². The van der Waals surface area contributed by atoms with Crippen LogP contribution in [0.4, 0.5) is 0 Å². The number of halogens is 3. The molecule has 0 bridgehead atoms. The Morgan fingerprint density at radius 2 is 1.43 bits per heavy atom. The summed E-state index contributed by atoms with van der Waals surface area (Å²) in [5.41, 5.74) is 0. The van der Waals surface area contributed by atoms with Crippen molar-refractivity contribution < 1.29 is 11.2 Å². The first kappa shape index (κ1) is 11.1. The maximum absolute atomic E-state index is 7.18. The van der Waals surface area contributed by atoms with E-state index in [2.05, 4.69) is 12.6 Å². The molecule has 0 spiro atoms. The molecule has 0 amide bonds. The second kappa shape index (κ2) is 10.3. The molecule has 0 aliphatic rings. The monoisotopic (exact) mass is 220 g/mol. The van der Waals surface area contributed by atoms with Gasteiger partial charge in [0.1, 0.15) is 5.40 Å². The van der Waals surface area contributed by atoms with Gasteiger partial charge in [0.2, 0.25) is 0 Å². The van der Waals surface area contributed by atoms with E-state index in [9.17, 15) is 0 Å². The van der Waals surface area contributed by atoms with Gasteiger partial charge in [0.05, 0.1) is 0 Å². The SMILES string of the molecule is N#CS.[Cl][Fe]([Cl])[Cl]. The molecule has 6 heteroatoms. The normalized spacial score (nSPS) is 7.57. The van der Waals surface area contributed by atoms with Gasteiger partial charge in [-0.25, -0.2) is 0 Å². The molecule has 0 atom stereocenters. The van der Waals surface area contributed by atoms with Crippen LogP contribution in [0.1, 0.15) is 0 Å². The van der Waals surface area contributed by atoms with Gasteiger partial charge in [0, 0.05) is 0 Å². The van der Waals surface area contributed by atoms with Crippen LogP contribution in [0.15, 0.2) is 0 Å².